The Balaban J connectivity index is 2.35. The Hall–Kier alpha value is -2.73. The van der Waals surface area contributed by atoms with Gasteiger partial charge in [-0.15, -0.1) is 0 Å². The number of hydrogen-bond acceptors (Lipinski definition) is 8. The summed E-state index contributed by atoms with van der Waals surface area (Å²) in [5.74, 6) is -0.946. The van der Waals surface area contributed by atoms with Gasteiger partial charge in [0.2, 0.25) is 11.8 Å². The lowest BCUT2D eigenvalue weighted by Crippen LogP contribution is -2.45. The number of primary amides is 2. The number of carbonyl (C=O) groups is 3. The van der Waals surface area contributed by atoms with Crippen LogP contribution in [-0.4, -0.2) is 75.3 Å². The third kappa shape index (κ3) is 17.4. The quantitative estimate of drug-likeness (QED) is 0.230. The molecular weight excluding hydrogens is 482 g/mol. The highest BCUT2D eigenvalue weighted by Crippen LogP contribution is 2.13. The van der Waals surface area contributed by atoms with Crippen LogP contribution in [0.1, 0.15) is 51.7 Å². The average molecular weight is 526 g/mol. The molecule has 0 aromatic heterocycles. The van der Waals surface area contributed by atoms with Crippen LogP contribution < -0.4 is 16.8 Å². The van der Waals surface area contributed by atoms with Crippen LogP contribution in [0.15, 0.2) is 24.3 Å². The SMILES string of the molecule is C[C@@H](OCc1ccc(CCOCCOCCOCC(N)=O)cc1)C(CCC(N)=O)NC(=O)OC(C)(C)C. The number of hydrogen-bond donors (Lipinski definition) is 3. The molecular formula is C26H43N3O8. The minimum Gasteiger partial charge on any atom is -0.444 e. The van der Waals surface area contributed by atoms with Gasteiger partial charge in [-0.1, -0.05) is 24.3 Å². The number of ether oxygens (including phenoxy) is 5. The van der Waals surface area contributed by atoms with E-state index in [9.17, 15) is 14.4 Å². The summed E-state index contributed by atoms with van der Waals surface area (Å²) in [5.41, 5.74) is 11.7. The van der Waals surface area contributed by atoms with Crippen molar-refractivity contribution >= 4 is 17.9 Å². The zero-order valence-electron chi connectivity index (χ0n) is 22.5. The van der Waals surface area contributed by atoms with Gasteiger partial charge < -0.3 is 40.5 Å². The first-order valence-corrected chi connectivity index (χ1v) is 12.4. The lowest BCUT2D eigenvalue weighted by atomic mass is 10.1. The molecule has 0 aliphatic carbocycles. The van der Waals surface area contributed by atoms with Crippen molar-refractivity contribution < 1.29 is 38.1 Å². The van der Waals surface area contributed by atoms with E-state index in [4.69, 9.17) is 35.2 Å². The van der Waals surface area contributed by atoms with Crippen LogP contribution in [0.4, 0.5) is 4.79 Å². The highest BCUT2D eigenvalue weighted by molar-refractivity contribution is 5.75. The van der Waals surface area contributed by atoms with Gasteiger partial charge >= 0.3 is 6.09 Å². The van der Waals surface area contributed by atoms with E-state index >= 15 is 0 Å². The van der Waals surface area contributed by atoms with Crippen LogP contribution in [0.25, 0.3) is 0 Å². The summed E-state index contributed by atoms with van der Waals surface area (Å²) in [7, 11) is 0. The van der Waals surface area contributed by atoms with Gasteiger partial charge in [-0.2, -0.15) is 0 Å². The molecule has 0 aliphatic rings. The van der Waals surface area contributed by atoms with Gasteiger partial charge in [-0.3, -0.25) is 9.59 Å². The van der Waals surface area contributed by atoms with Gasteiger partial charge in [0.15, 0.2) is 0 Å². The molecule has 0 bridgehead atoms. The maximum absolute atomic E-state index is 12.2. The summed E-state index contributed by atoms with van der Waals surface area (Å²) >= 11 is 0. The van der Waals surface area contributed by atoms with Crippen LogP contribution in [0.3, 0.4) is 0 Å². The summed E-state index contributed by atoms with van der Waals surface area (Å²) < 4.78 is 27.2. The molecule has 11 nitrogen and oxygen atoms in total. The van der Waals surface area contributed by atoms with Crippen molar-refractivity contribution in [2.45, 2.75) is 71.3 Å². The molecule has 0 saturated heterocycles. The van der Waals surface area contributed by atoms with Crippen molar-refractivity contribution in [1.29, 1.82) is 0 Å². The Labute approximate surface area is 219 Å². The number of nitrogens with one attached hydrogen (secondary N) is 1. The average Bonchev–Trinajstić information content (AvgIpc) is 2.80. The first-order chi connectivity index (χ1) is 17.5. The Kier molecular flexibility index (Phi) is 15.4. The van der Waals surface area contributed by atoms with Crippen molar-refractivity contribution in [3.63, 3.8) is 0 Å². The molecule has 210 valence electrons. The van der Waals surface area contributed by atoms with Gasteiger partial charge in [0.1, 0.15) is 12.2 Å². The smallest absolute Gasteiger partial charge is 0.407 e. The molecule has 3 amide bonds. The second kappa shape index (κ2) is 17.7. The van der Waals surface area contributed by atoms with Crippen molar-refractivity contribution in [2.75, 3.05) is 39.6 Å². The predicted octanol–water partition coefficient (Wildman–Crippen LogP) is 1.83. The van der Waals surface area contributed by atoms with Gasteiger partial charge in [-0.05, 0) is 51.7 Å². The molecule has 5 N–H and O–H groups in total. The second-order valence-electron chi connectivity index (χ2n) is 9.58. The molecule has 0 heterocycles. The maximum atomic E-state index is 12.2. The first kappa shape index (κ1) is 32.3. The highest BCUT2D eigenvalue weighted by Gasteiger charge is 2.24. The summed E-state index contributed by atoms with van der Waals surface area (Å²) in [6.07, 6.45) is 0.307. The highest BCUT2D eigenvalue weighted by atomic mass is 16.6. The zero-order valence-corrected chi connectivity index (χ0v) is 22.5. The van der Waals surface area contributed by atoms with Gasteiger partial charge in [0.05, 0.1) is 51.8 Å². The molecule has 2 atom stereocenters. The van der Waals surface area contributed by atoms with Crippen molar-refractivity contribution in [1.82, 2.24) is 5.32 Å². The van der Waals surface area contributed by atoms with Gasteiger partial charge in [0, 0.05) is 6.42 Å². The lowest BCUT2D eigenvalue weighted by molar-refractivity contribution is -0.123. The molecule has 0 saturated carbocycles. The molecule has 0 aliphatic heterocycles. The van der Waals surface area contributed by atoms with Crippen LogP contribution >= 0.6 is 0 Å². The summed E-state index contributed by atoms with van der Waals surface area (Å²) in [6, 6.07) is 7.57. The van der Waals surface area contributed by atoms with E-state index in [-0.39, 0.29) is 19.1 Å². The van der Waals surface area contributed by atoms with Crippen molar-refractivity contribution in [3.8, 4) is 0 Å². The molecule has 0 radical (unpaired) electrons. The van der Waals surface area contributed by atoms with E-state index in [0.29, 0.717) is 46.1 Å². The van der Waals surface area contributed by atoms with E-state index in [1.165, 1.54) is 0 Å². The van der Waals surface area contributed by atoms with Crippen LogP contribution in [0.5, 0.6) is 0 Å². The summed E-state index contributed by atoms with van der Waals surface area (Å²) in [5, 5.41) is 2.79. The van der Waals surface area contributed by atoms with Crippen molar-refractivity contribution in [2.24, 2.45) is 11.5 Å². The fraction of sp³-hybridized carbons (Fsp3) is 0.654. The molecule has 11 heteroatoms. The van der Waals surface area contributed by atoms with Gasteiger partial charge in [0.25, 0.3) is 0 Å². The molecule has 37 heavy (non-hydrogen) atoms. The fourth-order valence-corrected chi connectivity index (χ4v) is 3.13. The maximum Gasteiger partial charge on any atom is 0.407 e. The van der Waals surface area contributed by atoms with Crippen LogP contribution in [0, 0.1) is 0 Å². The number of benzene rings is 1. The van der Waals surface area contributed by atoms with Crippen LogP contribution in [0.2, 0.25) is 0 Å². The Morgan fingerprint density at radius 3 is 2.00 bits per heavy atom. The molecule has 1 unspecified atom stereocenters. The molecule has 1 rings (SSSR count). The first-order valence-electron chi connectivity index (χ1n) is 12.4. The van der Waals surface area contributed by atoms with Crippen LogP contribution in [-0.2, 0) is 46.3 Å². The zero-order chi connectivity index (χ0) is 27.7. The minimum absolute atomic E-state index is 0.105. The van der Waals surface area contributed by atoms with E-state index < -0.39 is 29.6 Å². The number of amides is 3. The largest absolute Gasteiger partial charge is 0.444 e. The van der Waals surface area contributed by atoms with E-state index in [2.05, 4.69) is 5.32 Å². The fourth-order valence-electron chi connectivity index (χ4n) is 3.13. The third-order valence-corrected chi connectivity index (χ3v) is 5.03. The lowest BCUT2D eigenvalue weighted by Gasteiger charge is -2.27. The van der Waals surface area contributed by atoms with Crippen molar-refractivity contribution in [3.05, 3.63) is 35.4 Å². The third-order valence-electron chi connectivity index (χ3n) is 5.03. The predicted molar refractivity (Wildman–Crippen MR) is 138 cm³/mol. The van der Waals surface area contributed by atoms with E-state index in [1.54, 1.807) is 20.8 Å². The molecule has 1 aromatic rings. The standard InChI is InChI=1S/C26H43N3O8/c1-19(22(9-10-23(27)30)29-25(32)37-26(2,3)4)36-17-21-7-5-20(6-8-21)11-12-33-13-14-34-15-16-35-18-24(28)31/h5-8,19,22H,9-18H2,1-4H3,(H2,27,30)(H2,28,31)(H,29,32)/t19-,22?/m1/s1. The topological polar surface area (TPSA) is 161 Å². The monoisotopic (exact) mass is 525 g/mol. The number of alkyl carbamates (subject to hydrolysis) is 1. The normalized spacial score (nSPS) is 13.1. The Morgan fingerprint density at radius 2 is 1.43 bits per heavy atom. The molecule has 1 aromatic carbocycles. The minimum atomic E-state index is -0.633. The summed E-state index contributed by atoms with van der Waals surface area (Å²) in [4.78, 5) is 34.0. The van der Waals surface area contributed by atoms with E-state index in [0.717, 1.165) is 17.5 Å². The number of carbonyl (C=O) groups excluding carboxylic acids is 3. The number of nitrogens with two attached hydrogens (primary N) is 2. The second-order valence-corrected chi connectivity index (χ2v) is 9.58. The van der Waals surface area contributed by atoms with E-state index in [1.807, 2.05) is 31.2 Å². The molecule has 0 fully saturated rings. The Bertz CT molecular complexity index is 811. The van der Waals surface area contributed by atoms with Gasteiger partial charge in [-0.25, -0.2) is 4.79 Å². The number of rotatable bonds is 19. The summed E-state index contributed by atoms with van der Waals surface area (Å²) in [6.45, 7) is 9.59. The Morgan fingerprint density at radius 1 is 0.865 bits per heavy atom. The molecule has 0 spiro atoms.